The summed E-state index contributed by atoms with van der Waals surface area (Å²) in [7, 11) is 1.67. The standard InChI is InChI=1S/C13H17N3O3/c1-18-11-8-16(10-3-2-6-19-12(10)11)13(17)9-4-5-14-15-7-9/h4-5,7,10-12H,2-3,6,8H2,1H3/t10-,11+,12+/m1/s1. The van der Waals surface area contributed by atoms with Gasteiger partial charge in [0, 0.05) is 13.7 Å². The highest BCUT2D eigenvalue weighted by Crippen LogP contribution is 2.31. The Morgan fingerprint density at radius 2 is 2.42 bits per heavy atom. The Morgan fingerprint density at radius 3 is 3.16 bits per heavy atom. The number of amides is 1. The first-order valence-corrected chi connectivity index (χ1v) is 6.53. The Balaban J connectivity index is 1.82. The molecule has 0 aromatic carbocycles. The van der Waals surface area contributed by atoms with E-state index in [4.69, 9.17) is 9.47 Å². The van der Waals surface area contributed by atoms with E-state index in [-0.39, 0.29) is 24.2 Å². The number of hydrogen-bond donors (Lipinski definition) is 0. The van der Waals surface area contributed by atoms with Crippen LogP contribution in [0.2, 0.25) is 0 Å². The first kappa shape index (κ1) is 12.5. The third kappa shape index (κ3) is 2.21. The molecule has 3 atom stereocenters. The van der Waals surface area contributed by atoms with Crippen LogP contribution in [-0.4, -0.2) is 59.5 Å². The molecule has 1 amide bonds. The predicted molar refractivity (Wildman–Crippen MR) is 66.6 cm³/mol. The van der Waals surface area contributed by atoms with Gasteiger partial charge in [-0.05, 0) is 18.9 Å². The summed E-state index contributed by atoms with van der Waals surface area (Å²) in [5, 5.41) is 7.46. The van der Waals surface area contributed by atoms with E-state index in [2.05, 4.69) is 10.2 Å². The molecule has 0 aliphatic carbocycles. The molecule has 2 aliphatic heterocycles. The minimum Gasteiger partial charge on any atom is -0.377 e. The number of ether oxygens (including phenoxy) is 2. The van der Waals surface area contributed by atoms with Crippen molar-refractivity contribution in [2.45, 2.75) is 31.1 Å². The highest BCUT2D eigenvalue weighted by atomic mass is 16.5. The summed E-state index contributed by atoms with van der Waals surface area (Å²) in [4.78, 5) is 14.4. The second-order valence-electron chi connectivity index (χ2n) is 4.91. The maximum Gasteiger partial charge on any atom is 0.255 e. The molecule has 2 aliphatic rings. The van der Waals surface area contributed by atoms with Gasteiger partial charge in [0.05, 0.1) is 30.5 Å². The number of methoxy groups -OCH3 is 1. The molecule has 0 saturated carbocycles. The van der Waals surface area contributed by atoms with Gasteiger partial charge in [0.15, 0.2) is 0 Å². The number of nitrogens with zero attached hydrogens (tertiary/aromatic N) is 3. The first-order chi connectivity index (χ1) is 9.31. The Kier molecular flexibility index (Phi) is 3.44. The van der Waals surface area contributed by atoms with Gasteiger partial charge in [-0.25, -0.2) is 0 Å². The van der Waals surface area contributed by atoms with E-state index in [1.165, 1.54) is 12.4 Å². The summed E-state index contributed by atoms with van der Waals surface area (Å²) in [6.45, 7) is 1.33. The maximum absolute atomic E-state index is 12.5. The number of rotatable bonds is 2. The fourth-order valence-electron chi connectivity index (χ4n) is 2.93. The fraction of sp³-hybridized carbons (Fsp3) is 0.615. The largest absolute Gasteiger partial charge is 0.377 e. The molecule has 0 bridgehead atoms. The van der Waals surface area contributed by atoms with Crippen LogP contribution in [0, 0.1) is 0 Å². The van der Waals surface area contributed by atoms with Crippen molar-refractivity contribution in [3.05, 3.63) is 24.0 Å². The third-order valence-electron chi connectivity index (χ3n) is 3.87. The number of hydrogen-bond acceptors (Lipinski definition) is 5. The minimum atomic E-state index is -0.0379. The number of carbonyl (C=O) groups is 1. The van der Waals surface area contributed by atoms with Gasteiger partial charge in [0.2, 0.25) is 0 Å². The Morgan fingerprint density at radius 1 is 1.53 bits per heavy atom. The number of fused-ring (bicyclic) bond motifs is 1. The van der Waals surface area contributed by atoms with Gasteiger partial charge >= 0.3 is 0 Å². The van der Waals surface area contributed by atoms with Crippen molar-refractivity contribution in [2.24, 2.45) is 0 Å². The molecule has 19 heavy (non-hydrogen) atoms. The van der Waals surface area contributed by atoms with Crippen molar-refractivity contribution in [3.8, 4) is 0 Å². The topological polar surface area (TPSA) is 64.5 Å². The SMILES string of the molecule is CO[C@H]1CN(C(=O)c2ccnnc2)[C@@H]2CCCO[C@H]12. The number of aromatic nitrogens is 2. The van der Waals surface area contributed by atoms with Crippen LogP contribution in [0.15, 0.2) is 18.5 Å². The third-order valence-corrected chi connectivity index (χ3v) is 3.87. The zero-order chi connectivity index (χ0) is 13.2. The molecule has 2 fully saturated rings. The van der Waals surface area contributed by atoms with Crippen LogP contribution in [0.25, 0.3) is 0 Å². The lowest BCUT2D eigenvalue weighted by Crippen LogP contribution is -2.43. The van der Waals surface area contributed by atoms with Gasteiger partial charge in [-0.3, -0.25) is 4.79 Å². The summed E-state index contributed by atoms with van der Waals surface area (Å²) in [5.41, 5.74) is 0.566. The molecule has 0 spiro atoms. The Labute approximate surface area is 111 Å². The quantitative estimate of drug-likeness (QED) is 0.777. The Bertz CT molecular complexity index is 454. The molecule has 3 rings (SSSR count). The molecule has 0 radical (unpaired) electrons. The molecule has 0 N–H and O–H groups in total. The van der Waals surface area contributed by atoms with Crippen LogP contribution in [0.3, 0.4) is 0 Å². The monoisotopic (exact) mass is 263 g/mol. The van der Waals surface area contributed by atoms with Crippen LogP contribution < -0.4 is 0 Å². The van der Waals surface area contributed by atoms with Gasteiger partial charge in [0.1, 0.15) is 12.2 Å². The minimum absolute atomic E-state index is 0.00232. The smallest absolute Gasteiger partial charge is 0.255 e. The van der Waals surface area contributed by atoms with Gasteiger partial charge in [0.25, 0.3) is 5.91 Å². The second-order valence-corrected chi connectivity index (χ2v) is 4.91. The molecule has 102 valence electrons. The lowest BCUT2D eigenvalue weighted by atomic mass is 10.0. The van der Waals surface area contributed by atoms with Crippen molar-refractivity contribution < 1.29 is 14.3 Å². The summed E-state index contributed by atoms with van der Waals surface area (Å²) >= 11 is 0. The highest BCUT2D eigenvalue weighted by molar-refractivity contribution is 5.94. The van der Waals surface area contributed by atoms with E-state index < -0.39 is 0 Å². The molecule has 3 heterocycles. The van der Waals surface area contributed by atoms with Crippen molar-refractivity contribution in [1.29, 1.82) is 0 Å². The summed E-state index contributed by atoms with van der Waals surface area (Å²) in [6, 6.07) is 1.80. The zero-order valence-electron chi connectivity index (χ0n) is 10.9. The van der Waals surface area contributed by atoms with Crippen LogP contribution in [0.4, 0.5) is 0 Å². The van der Waals surface area contributed by atoms with E-state index in [1.807, 2.05) is 4.90 Å². The summed E-state index contributed by atoms with van der Waals surface area (Å²) in [5.74, 6) is -0.0186. The molecular weight excluding hydrogens is 246 g/mol. The van der Waals surface area contributed by atoms with E-state index >= 15 is 0 Å². The van der Waals surface area contributed by atoms with E-state index in [0.717, 1.165) is 19.4 Å². The van der Waals surface area contributed by atoms with Gasteiger partial charge in [-0.1, -0.05) is 0 Å². The van der Waals surface area contributed by atoms with Gasteiger partial charge in [-0.2, -0.15) is 10.2 Å². The molecular formula is C13H17N3O3. The van der Waals surface area contributed by atoms with Crippen LogP contribution in [0.1, 0.15) is 23.2 Å². The molecule has 6 nitrogen and oxygen atoms in total. The zero-order valence-corrected chi connectivity index (χ0v) is 10.9. The molecule has 6 heteroatoms. The van der Waals surface area contributed by atoms with Crippen LogP contribution >= 0.6 is 0 Å². The van der Waals surface area contributed by atoms with Gasteiger partial charge < -0.3 is 14.4 Å². The van der Waals surface area contributed by atoms with Crippen molar-refractivity contribution >= 4 is 5.91 Å². The summed E-state index contributed by atoms with van der Waals surface area (Å²) < 4.78 is 11.2. The van der Waals surface area contributed by atoms with E-state index in [9.17, 15) is 4.79 Å². The number of carbonyl (C=O) groups excluding carboxylic acids is 1. The van der Waals surface area contributed by atoms with E-state index in [0.29, 0.717) is 12.1 Å². The molecule has 1 aromatic heterocycles. The normalized spacial score (nSPS) is 30.2. The molecule has 0 unspecified atom stereocenters. The predicted octanol–water partition coefficient (Wildman–Crippen LogP) is 0.495. The van der Waals surface area contributed by atoms with Crippen molar-refractivity contribution in [3.63, 3.8) is 0 Å². The fourth-order valence-corrected chi connectivity index (χ4v) is 2.93. The summed E-state index contributed by atoms with van der Waals surface area (Å²) in [6.07, 6.45) is 4.94. The van der Waals surface area contributed by atoms with Crippen LogP contribution in [0.5, 0.6) is 0 Å². The molecule has 2 saturated heterocycles. The first-order valence-electron chi connectivity index (χ1n) is 6.53. The maximum atomic E-state index is 12.5. The average molecular weight is 263 g/mol. The highest BCUT2D eigenvalue weighted by Gasteiger charge is 2.46. The molecule has 1 aromatic rings. The average Bonchev–Trinajstić information content (AvgIpc) is 2.86. The van der Waals surface area contributed by atoms with Crippen LogP contribution in [-0.2, 0) is 9.47 Å². The van der Waals surface area contributed by atoms with E-state index in [1.54, 1.807) is 13.2 Å². The lowest BCUT2D eigenvalue weighted by Gasteiger charge is -2.31. The van der Waals surface area contributed by atoms with Crippen molar-refractivity contribution in [1.82, 2.24) is 15.1 Å². The van der Waals surface area contributed by atoms with Crippen molar-refractivity contribution in [2.75, 3.05) is 20.3 Å². The second kappa shape index (κ2) is 5.22. The Hall–Kier alpha value is -1.53. The number of likely N-dealkylation sites (tertiary alicyclic amines) is 1. The lowest BCUT2D eigenvalue weighted by molar-refractivity contribution is -0.0639. The van der Waals surface area contributed by atoms with Gasteiger partial charge in [-0.15, -0.1) is 0 Å².